The first kappa shape index (κ1) is 14.9. The van der Waals surface area contributed by atoms with Gasteiger partial charge < -0.3 is 9.64 Å². The van der Waals surface area contributed by atoms with Gasteiger partial charge in [-0.05, 0) is 52.9 Å². The predicted molar refractivity (Wildman–Crippen MR) is 73.5 cm³/mol. The lowest BCUT2D eigenvalue weighted by atomic mass is 10.1. The first-order chi connectivity index (χ1) is 8.24. The van der Waals surface area contributed by atoms with Gasteiger partial charge >= 0.3 is 0 Å². The molecule has 1 atom stereocenters. The zero-order chi connectivity index (χ0) is 12.5. The van der Waals surface area contributed by atoms with Crippen LogP contribution in [-0.4, -0.2) is 62.3 Å². The van der Waals surface area contributed by atoms with Gasteiger partial charge in [-0.1, -0.05) is 13.3 Å². The van der Waals surface area contributed by atoms with Gasteiger partial charge in [0.2, 0.25) is 0 Å². The number of likely N-dealkylation sites (tertiary alicyclic amines) is 1. The lowest BCUT2D eigenvalue weighted by Crippen LogP contribution is -2.40. The van der Waals surface area contributed by atoms with E-state index in [9.17, 15) is 0 Å². The minimum atomic E-state index is 0.590. The van der Waals surface area contributed by atoms with Crippen LogP contribution in [-0.2, 0) is 4.74 Å². The van der Waals surface area contributed by atoms with Crippen molar-refractivity contribution in [3.8, 4) is 0 Å². The molecule has 0 spiro atoms. The number of hydrogen-bond acceptors (Lipinski definition) is 3. The van der Waals surface area contributed by atoms with Crippen LogP contribution in [0.1, 0.15) is 39.5 Å². The molecule has 1 unspecified atom stereocenters. The van der Waals surface area contributed by atoms with Gasteiger partial charge in [0.15, 0.2) is 0 Å². The number of nitrogens with zero attached hydrogens (tertiary/aromatic N) is 2. The first-order valence-corrected chi connectivity index (χ1v) is 7.24. The van der Waals surface area contributed by atoms with E-state index in [1.807, 2.05) is 0 Å². The van der Waals surface area contributed by atoms with Gasteiger partial charge in [-0.15, -0.1) is 0 Å². The van der Waals surface area contributed by atoms with Crippen LogP contribution < -0.4 is 0 Å². The Morgan fingerprint density at radius 3 is 2.53 bits per heavy atom. The molecule has 0 aromatic heterocycles. The van der Waals surface area contributed by atoms with Crippen molar-refractivity contribution >= 4 is 0 Å². The van der Waals surface area contributed by atoms with E-state index in [2.05, 4.69) is 30.7 Å². The Labute approximate surface area is 107 Å². The van der Waals surface area contributed by atoms with E-state index in [1.165, 1.54) is 45.3 Å². The highest BCUT2D eigenvalue weighted by atomic mass is 16.5. The van der Waals surface area contributed by atoms with Crippen molar-refractivity contribution in [1.82, 2.24) is 9.80 Å². The van der Waals surface area contributed by atoms with Crippen molar-refractivity contribution in [3.63, 3.8) is 0 Å². The molecule has 0 amide bonds. The van der Waals surface area contributed by atoms with Crippen LogP contribution in [0.25, 0.3) is 0 Å². The summed E-state index contributed by atoms with van der Waals surface area (Å²) in [6.45, 7) is 11.0. The normalized spacial score (nSPS) is 19.8. The van der Waals surface area contributed by atoms with Crippen molar-refractivity contribution in [1.29, 1.82) is 0 Å². The molecule has 0 aliphatic carbocycles. The van der Waals surface area contributed by atoms with Gasteiger partial charge in [0.25, 0.3) is 0 Å². The van der Waals surface area contributed by atoms with E-state index in [1.54, 1.807) is 0 Å². The topological polar surface area (TPSA) is 15.7 Å². The second-order valence-electron chi connectivity index (χ2n) is 5.32. The summed E-state index contributed by atoms with van der Waals surface area (Å²) in [5, 5.41) is 0. The van der Waals surface area contributed by atoms with Crippen molar-refractivity contribution in [3.05, 3.63) is 0 Å². The Morgan fingerprint density at radius 1 is 1.18 bits per heavy atom. The molecule has 1 aliphatic heterocycles. The molecule has 102 valence electrons. The molecule has 0 N–H and O–H groups in total. The van der Waals surface area contributed by atoms with E-state index >= 15 is 0 Å². The maximum Gasteiger partial charge on any atom is 0.0619 e. The lowest BCUT2D eigenvalue weighted by Gasteiger charge is -2.32. The third kappa shape index (κ3) is 6.39. The van der Waals surface area contributed by atoms with Gasteiger partial charge in [0.1, 0.15) is 0 Å². The van der Waals surface area contributed by atoms with Crippen LogP contribution in [0, 0.1) is 0 Å². The summed E-state index contributed by atoms with van der Waals surface area (Å²) in [5.41, 5.74) is 0. The molecule has 0 aromatic carbocycles. The Balaban J connectivity index is 2.01. The summed E-state index contributed by atoms with van der Waals surface area (Å²) in [6, 6.07) is 0.590. The van der Waals surface area contributed by atoms with Gasteiger partial charge in [-0.25, -0.2) is 0 Å². The molecule has 3 nitrogen and oxygen atoms in total. The van der Waals surface area contributed by atoms with Crippen molar-refractivity contribution < 1.29 is 4.74 Å². The quantitative estimate of drug-likeness (QED) is 0.607. The lowest BCUT2D eigenvalue weighted by molar-refractivity contribution is 0.0491. The maximum absolute atomic E-state index is 5.78. The minimum absolute atomic E-state index is 0.590. The molecule has 1 rings (SSSR count). The molecule has 0 radical (unpaired) electrons. The highest BCUT2D eigenvalue weighted by molar-refractivity contribution is 4.70. The van der Waals surface area contributed by atoms with Gasteiger partial charge in [-0.2, -0.15) is 0 Å². The van der Waals surface area contributed by atoms with Crippen LogP contribution in [0.2, 0.25) is 0 Å². The number of likely N-dealkylation sites (N-methyl/N-ethyl adjacent to an activating group) is 1. The molecule has 1 fully saturated rings. The van der Waals surface area contributed by atoms with Crippen molar-refractivity contribution in [2.24, 2.45) is 0 Å². The summed E-state index contributed by atoms with van der Waals surface area (Å²) in [6.07, 6.45) is 5.36. The molecule has 0 aromatic rings. The third-order valence-electron chi connectivity index (χ3n) is 3.60. The Bertz CT molecular complexity index is 181. The average Bonchev–Trinajstić information content (AvgIpc) is 2.36. The van der Waals surface area contributed by atoms with Gasteiger partial charge in [-0.3, -0.25) is 4.90 Å². The summed E-state index contributed by atoms with van der Waals surface area (Å²) in [4.78, 5) is 4.91. The first-order valence-electron chi connectivity index (χ1n) is 7.24. The van der Waals surface area contributed by atoms with Crippen molar-refractivity contribution in [2.45, 2.75) is 45.6 Å². The van der Waals surface area contributed by atoms with E-state index < -0.39 is 0 Å². The SMILES string of the molecule is CCCN(C)CCOCC(C)N1CCCCC1. The fraction of sp³-hybridized carbons (Fsp3) is 1.00. The number of ether oxygens (including phenoxy) is 1. The Kier molecular flexibility index (Phi) is 7.82. The predicted octanol–water partition coefficient (Wildman–Crippen LogP) is 2.22. The molecule has 1 aliphatic rings. The monoisotopic (exact) mass is 242 g/mol. The second kappa shape index (κ2) is 8.90. The largest absolute Gasteiger partial charge is 0.379 e. The molecule has 1 saturated heterocycles. The van der Waals surface area contributed by atoms with Crippen LogP contribution in [0.15, 0.2) is 0 Å². The molecular weight excluding hydrogens is 212 g/mol. The summed E-state index contributed by atoms with van der Waals surface area (Å²) in [7, 11) is 2.17. The van der Waals surface area contributed by atoms with Crippen LogP contribution in [0.3, 0.4) is 0 Å². The number of piperidine rings is 1. The van der Waals surface area contributed by atoms with E-state index in [0.717, 1.165) is 19.8 Å². The third-order valence-corrected chi connectivity index (χ3v) is 3.60. The van der Waals surface area contributed by atoms with Crippen LogP contribution in [0.5, 0.6) is 0 Å². The van der Waals surface area contributed by atoms with Gasteiger partial charge in [0.05, 0.1) is 13.2 Å². The zero-order valence-corrected chi connectivity index (χ0v) is 12.0. The summed E-state index contributed by atoms with van der Waals surface area (Å²) in [5.74, 6) is 0. The Morgan fingerprint density at radius 2 is 1.88 bits per heavy atom. The summed E-state index contributed by atoms with van der Waals surface area (Å²) < 4.78 is 5.78. The van der Waals surface area contributed by atoms with E-state index in [4.69, 9.17) is 4.74 Å². The van der Waals surface area contributed by atoms with Gasteiger partial charge in [0, 0.05) is 12.6 Å². The van der Waals surface area contributed by atoms with Crippen molar-refractivity contribution in [2.75, 3.05) is 46.4 Å². The summed E-state index contributed by atoms with van der Waals surface area (Å²) >= 11 is 0. The zero-order valence-electron chi connectivity index (χ0n) is 12.0. The fourth-order valence-corrected chi connectivity index (χ4v) is 2.43. The second-order valence-corrected chi connectivity index (χ2v) is 5.32. The fourth-order valence-electron chi connectivity index (χ4n) is 2.43. The molecule has 0 bridgehead atoms. The minimum Gasteiger partial charge on any atom is -0.379 e. The average molecular weight is 242 g/mol. The van der Waals surface area contributed by atoms with Crippen LogP contribution >= 0.6 is 0 Å². The molecule has 3 heteroatoms. The highest BCUT2D eigenvalue weighted by Gasteiger charge is 2.16. The molecule has 0 saturated carbocycles. The molecule has 1 heterocycles. The van der Waals surface area contributed by atoms with E-state index in [0.29, 0.717) is 6.04 Å². The Hall–Kier alpha value is -0.120. The van der Waals surface area contributed by atoms with E-state index in [-0.39, 0.29) is 0 Å². The van der Waals surface area contributed by atoms with Crippen LogP contribution in [0.4, 0.5) is 0 Å². The maximum atomic E-state index is 5.78. The standard InChI is InChI=1S/C14H30N2O/c1-4-8-15(3)11-12-17-13-14(2)16-9-6-5-7-10-16/h14H,4-13H2,1-3H3. The number of hydrogen-bond donors (Lipinski definition) is 0. The molecule has 17 heavy (non-hydrogen) atoms. The smallest absolute Gasteiger partial charge is 0.0619 e. The molecular formula is C14H30N2O. The highest BCUT2D eigenvalue weighted by Crippen LogP contribution is 2.11. The number of rotatable bonds is 8.